The number of ketones is 1. The summed E-state index contributed by atoms with van der Waals surface area (Å²) >= 11 is 1.30. The molecular weight excluding hydrogens is 366 g/mol. The Bertz CT molecular complexity index is 876. The molecule has 2 rings (SSSR count). The third kappa shape index (κ3) is 4.71. The molecule has 0 aliphatic heterocycles. The van der Waals surface area contributed by atoms with Crippen LogP contribution >= 0.6 is 11.8 Å². The van der Waals surface area contributed by atoms with Gasteiger partial charge in [0.25, 0.3) is 0 Å². The molecule has 0 spiro atoms. The number of hydrogen-bond acceptors (Lipinski definition) is 6. The Kier molecular flexibility index (Phi) is 6.68. The largest absolute Gasteiger partial charge is 0.465 e. The summed E-state index contributed by atoms with van der Waals surface area (Å²) < 4.78 is 4.78. The second kappa shape index (κ2) is 8.77. The number of thioether (sulfide) groups is 1. The number of Topliss-reactive ketones (excluding diaryl/α,β-unsaturated/α-hetero) is 1. The van der Waals surface area contributed by atoms with E-state index in [1.165, 1.54) is 18.9 Å². The molecule has 0 unspecified atom stereocenters. The maximum Gasteiger partial charge on any atom is 0.339 e. The number of carbonyl (C=O) groups excluding carboxylic acids is 3. The lowest BCUT2D eigenvalue weighted by Crippen LogP contribution is -2.27. The summed E-state index contributed by atoms with van der Waals surface area (Å²) in [6.45, 7) is 5.18. The van der Waals surface area contributed by atoms with Crippen LogP contribution in [0.5, 0.6) is 0 Å². The van der Waals surface area contributed by atoms with Gasteiger partial charge in [-0.1, -0.05) is 12.1 Å². The topological polar surface area (TPSA) is 114 Å². The lowest BCUT2D eigenvalue weighted by molar-refractivity contribution is -0.115. The summed E-state index contributed by atoms with van der Waals surface area (Å²) in [6, 6.07) is 6.82. The van der Waals surface area contributed by atoms with Crippen LogP contribution < -0.4 is 11.1 Å². The second-order valence-corrected chi connectivity index (χ2v) is 7.12. The highest BCUT2D eigenvalue weighted by Gasteiger charge is 2.25. The molecule has 4 N–H and O–H groups in total. The van der Waals surface area contributed by atoms with E-state index in [1.54, 1.807) is 20.8 Å². The number of ether oxygens (including phenoxy) is 1. The molecular formula is C19H23N3O4S. The van der Waals surface area contributed by atoms with Crippen molar-refractivity contribution in [3.05, 3.63) is 46.8 Å². The minimum Gasteiger partial charge on any atom is -0.465 e. The van der Waals surface area contributed by atoms with Crippen molar-refractivity contribution in [1.29, 1.82) is 0 Å². The molecule has 1 amide bonds. The van der Waals surface area contributed by atoms with Crippen LogP contribution in [-0.4, -0.2) is 41.5 Å². The van der Waals surface area contributed by atoms with Crippen molar-refractivity contribution in [2.24, 2.45) is 5.73 Å². The number of H-pyrrole nitrogens is 1. The average molecular weight is 389 g/mol. The fraction of sp³-hybridized carbons (Fsp3) is 0.316. The smallest absolute Gasteiger partial charge is 0.339 e. The van der Waals surface area contributed by atoms with Crippen LogP contribution in [0.25, 0.3) is 0 Å². The minimum atomic E-state index is -0.553. The number of rotatable bonds is 8. The van der Waals surface area contributed by atoms with E-state index in [-0.39, 0.29) is 11.5 Å². The Morgan fingerprint density at radius 3 is 2.56 bits per heavy atom. The van der Waals surface area contributed by atoms with E-state index in [4.69, 9.17) is 10.5 Å². The molecule has 1 aromatic heterocycles. The number of hydrogen-bond donors (Lipinski definition) is 3. The minimum absolute atomic E-state index is 0.151. The number of amides is 1. The highest BCUT2D eigenvalue weighted by molar-refractivity contribution is 8.00. The maximum atomic E-state index is 12.9. The molecule has 1 heterocycles. The van der Waals surface area contributed by atoms with Gasteiger partial charge in [0.05, 0.1) is 30.2 Å². The van der Waals surface area contributed by atoms with Crippen LogP contribution in [0.1, 0.15) is 39.0 Å². The van der Waals surface area contributed by atoms with Gasteiger partial charge in [-0.15, -0.1) is 11.8 Å². The molecule has 0 saturated carbocycles. The van der Waals surface area contributed by atoms with Crippen LogP contribution in [0.4, 0.5) is 5.69 Å². The van der Waals surface area contributed by atoms with E-state index in [2.05, 4.69) is 10.3 Å². The number of aryl methyl sites for hydroxylation is 1. The number of benzene rings is 1. The lowest BCUT2D eigenvalue weighted by Gasteiger charge is -2.17. The van der Waals surface area contributed by atoms with Crippen LogP contribution in [-0.2, 0) is 9.53 Å². The van der Waals surface area contributed by atoms with Crippen molar-refractivity contribution in [3.63, 3.8) is 0 Å². The maximum absolute atomic E-state index is 12.9. The predicted molar refractivity (Wildman–Crippen MR) is 105 cm³/mol. The van der Waals surface area contributed by atoms with Gasteiger partial charge in [-0.3, -0.25) is 9.59 Å². The molecule has 0 saturated heterocycles. The summed E-state index contributed by atoms with van der Waals surface area (Å²) in [6.07, 6.45) is 0. The van der Waals surface area contributed by atoms with Crippen molar-refractivity contribution in [2.45, 2.75) is 31.7 Å². The van der Waals surface area contributed by atoms with Crippen molar-refractivity contribution < 1.29 is 19.1 Å². The lowest BCUT2D eigenvalue weighted by atomic mass is 10.0. The first-order valence-corrected chi connectivity index (χ1v) is 9.33. The van der Waals surface area contributed by atoms with Gasteiger partial charge < -0.3 is 20.8 Å². The zero-order chi connectivity index (χ0) is 20.1. The van der Waals surface area contributed by atoms with Gasteiger partial charge in [-0.25, -0.2) is 4.79 Å². The number of primary amides is 1. The number of nitrogens with two attached hydrogens (primary N) is 1. The molecule has 144 valence electrons. The van der Waals surface area contributed by atoms with Gasteiger partial charge >= 0.3 is 5.97 Å². The molecule has 0 bridgehead atoms. The molecule has 7 nitrogen and oxygen atoms in total. The van der Waals surface area contributed by atoms with Gasteiger partial charge in [0.2, 0.25) is 11.7 Å². The Hall–Kier alpha value is -2.74. The number of esters is 1. The highest BCUT2D eigenvalue weighted by atomic mass is 32.2. The third-order valence-electron chi connectivity index (χ3n) is 4.10. The Balaban J connectivity index is 2.22. The van der Waals surface area contributed by atoms with E-state index in [0.717, 1.165) is 10.6 Å². The van der Waals surface area contributed by atoms with Gasteiger partial charge in [0, 0.05) is 16.3 Å². The number of nitrogens with one attached hydrogen (secondary N) is 2. The fourth-order valence-electron chi connectivity index (χ4n) is 2.78. The van der Waals surface area contributed by atoms with E-state index in [1.807, 2.05) is 24.3 Å². The molecule has 27 heavy (non-hydrogen) atoms. The van der Waals surface area contributed by atoms with E-state index < -0.39 is 17.9 Å². The quantitative estimate of drug-likeness (QED) is 0.363. The van der Waals surface area contributed by atoms with Gasteiger partial charge in [-0.2, -0.15) is 0 Å². The third-order valence-corrected chi connectivity index (χ3v) is 5.19. The monoisotopic (exact) mass is 389 g/mol. The Morgan fingerprint density at radius 2 is 1.93 bits per heavy atom. The summed E-state index contributed by atoms with van der Waals surface area (Å²) in [5.41, 5.74) is 7.85. The first kappa shape index (κ1) is 20.6. The second-order valence-electron chi connectivity index (χ2n) is 6.10. The van der Waals surface area contributed by atoms with Crippen molar-refractivity contribution in [3.8, 4) is 0 Å². The van der Waals surface area contributed by atoms with Gasteiger partial charge in [-0.05, 0) is 38.5 Å². The van der Waals surface area contributed by atoms with Crippen LogP contribution in [0.3, 0.4) is 0 Å². The summed E-state index contributed by atoms with van der Waals surface area (Å²) in [7, 11) is 1.31. The predicted octanol–water partition coefficient (Wildman–Crippen LogP) is 2.68. The molecule has 1 atom stereocenters. The standard InChI is InChI=1S/C19H23N3O4S/c1-10-16(19(25)26-4)11(2)22-17(10)18(24)12(3)21-13-7-5-6-8-14(13)27-9-15(20)23/h5-8,12,21-22H,9H2,1-4H3,(H2,20,23)/t12-/m1/s1. The number of methoxy groups -OCH3 is 1. The molecule has 1 aromatic carbocycles. The number of carbonyl (C=O) groups is 3. The van der Waals surface area contributed by atoms with Crippen LogP contribution in [0.15, 0.2) is 29.2 Å². The zero-order valence-electron chi connectivity index (χ0n) is 15.7. The SMILES string of the molecule is COC(=O)c1c(C)[nH]c(C(=O)[C@@H](C)Nc2ccccc2SCC(N)=O)c1C. The molecule has 0 fully saturated rings. The molecule has 8 heteroatoms. The zero-order valence-corrected chi connectivity index (χ0v) is 16.5. The fourth-order valence-corrected chi connectivity index (χ4v) is 3.54. The first-order valence-electron chi connectivity index (χ1n) is 8.34. The van der Waals surface area contributed by atoms with Crippen molar-refractivity contribution in [1.82, 2.24) is 4.98 Å². The Labute approximate surface area is 162 Å². The van der Waals surface area contributed by atoms with E-state index >= 15 is 0 Å². The molecule has 0 aliphatic rings. The van der Waals surface area contributed by atoms with Crippen LogP contribution in [0, 0.1) is 13.8 Å². The van der Waals surface area contributed by atoms with E-state index in [9.17, 15) is 14.4 Å². The summed E-state index contributed by atoms with van der Waals surface area (Å²) in [5.74, 6) is -0.917. The molecule has 0 aliphatic carbocycles. The van der Waals surface area contributed by atoms with E-state index in [0.29, 0.717) is 22.5 Å². The summed E-state index contributed by atoms with van der Waals surface area (Å²) in [5, 5.41) is 3.17. The van der Waals surface area contributed by atoms with Crippen molar-refractivity contribution >= 4 is 35.1 Å². The number of anilines is 1. The molecule has 0 radical (unpaired) electrons. The average Bonchev–Trinajstić information content (AvgIpc) is 2.93. The summed E-state index contributed by atoms with van der Waals surface area (Å²) in [4.78, 5) is 39.7. The number of para-hydroxylation sites is 1. The molecule has 2 aromatic rings. The number of aromatic nitrogens is 1. The Morgan fingerprint density at radius 1 is 1.26 bits per heavy atom. The normalized spacial score (nSPS) is 11.7. The highest BCUT2D eigenvalue weighted by Crippen LogP contribution is 2.28. The first-order chi connectivity index (χ1) is 12.8. The van der Waals surface area contributed by atoms with Gasteiger partial charge in [0.1, 0.15) is 0 Å². The number of aromatic amines is 1. The van der Waals surface area contributed by atoms with Crippen molar-refractivity contribution in [2.75, 3.05) is 18.2 Å². The van der Waals surface area contributed by atoms with Crippen LogP contribution in [0.2, 0.25) is 0 Å². The van der Waals surface area contributed by atoms with Gasteiger partial charge in [0.15, 0.2) is 0 Å².